The van der Waals surface area contributed by atoms with Gasteiger partial charge in [0, 0.05) is 42.5 Å². The number of aryl methyl sites for hydroxylation is 1. The van der Waals surface area contributed by atoms with Gasteiger partial charge in [-0.15, -0.1) is 0 Å². The maximum absolute atomic E-state index is 6.26. The maximum atomic E-state index is 6.26. The van der Waals surface area contributed by atoms with Crippen LogP contribution in [0.5, 0.6) is 11.5 Å². The number of halogens is 1. The van der Waals surface area contributed by atoms with Gasteiger partial charge in [-0.1, -0.05) is 11.6 Å². The topological polar surface area (TPSA) is 34.6 Å². The number of hydrogen-bond acceptors (Lipinski definition) is 4. The highest BCUT2D eigenvalue weighted by Crippen LogP contribution is 2.33. The van der Waals surface area contributed by atoms with E-state index in [9.17, 15) is 0 Å². The van der Waals surface area contributed by atoms with Crippen molar-refractivity contribution in [2.45, 2.75) is 32.9 Å². The Morgan fingerprint density at radius 2 is 1.88 bits per heavy atom. The van der Waals surface area contributed by atoms with Crippen molar-refractivity contribution in [1.29, 1.82) is 0 Å². The van der Waals surface area contributed by atoms with E-state index >= 15 is 0 Å². The first kappa shape index (κ1) is 18.6. The first-order valence-corrected chi connectivity index (χ1v) is 8.34. The van der Waals surface area contributed by atoms with Gasteiger partial charge < -0.3 is 9.47 Å². The molecule has 0 N–H and O–H groups in total. The summed E-state index contributed by atoms with van der Waals surface area (Å²) in [6.07, 6.45) is 2.76. The molecule has 1 aromatic heterocycles. The average molecular weight is 349 g/mol. The largest absolute Gasteiger partial charge is 0.496 e. The lowest BCUT2D eigenvalue weighted by Gasteiger charge is -2.25. The average Bonchev–Trinajstić information content (AvgIpc) is 2.55. The fraction of sp³-hybridized carbons (Fsp3) is 0.421. The van der Waals surface area contributed by atoms with Crippen LogP contribution in [0.15, 0.2) is 30.5 Å². The summed E-state index contributed by atoms with van der Waals surface area (Å²) >= 11 is 6.26. The molecule has 24 heavy (non-hydrogen) atoms. The molecule has 0 aliphatic carbocycles. The van der Waals surface area contributed by atoms with Crippen molar-refractivity contribution < 1.29 is 9.47 Å². The third kappa shape index (κ3) is 4.62. The second-order valence-electron chi connectivity index (χ2n) is 6.09. The summed E-state index contributed by atoms with van der Waals surface area (Å²) in [5, 5.41) is 0.592. The van der Waals surface area contributed by atoms with Crippen molar-refractivity contribution in [3.63, 3.8) is 0 Å². The molecule has 0 saturated carbocycles. The normalized spacial score (nSPS) is 12.3. The van der Waals surface area contributed by atoms with Gasteiger partial charge in [0.2, 0.25) is 0 Å². The summed E-state index contributed by atoms with van der Waals surface area (Å²) < 4.78 is 10.7. The van der Waals surface area contributed by atoms with Gasteiger partial charge in [0.1, 0.15) is 11.5 Å². The lowest BCUT2D eigenvalue weighted by Crippen LogP contribution is -2.30. The van der Waals surface area contributed by atoms with Crippen LogP contribution in [0.4, 0.5) is 0 Å². The minimum atomic E-state index is 0.338. The van der Waals surface area contributed by atoms with E-state index in [1.165, 1.54) is 5.56 Å². The summed E-state index contributed by atoms with van der Waals surface area (Å²) in [7, 11) is 5.35. The molecule has 0 unspecified atom stereocenters. The number of rotatable bonds is 7. The number of aromatic nitrogens is 1. The third-order valence-electron chi connectivity index (χ3n) is 4.20. The predicted octanol–water partition coefficient (Wildman–Crippen LogP) is 4.12. The summed E-state index contributed by atoms with van der Waals surface area (Å²) in [5.41, 5.74) is 3.38. The second kappa shape index (κ2) is 8.36. The highest BCUT2D eigenvalue weighted by molar-refractivity contribution is 6.32. The van der Waals surface area contributed by atoms with Gasteiger partial charge in [-0.25, -0.2) is 0 Å². The molecule has 0 fully saturated rings. The van der Waals surface area contributed by atoms with Crippen molar-refractivity contribution in [3.8, 4) is 11.5 Å². The van der Waals surface area contributed by atoms with E-state index in [0.29, 0.717) is 16.8 Å². The van der Waals surface area contributed by atoms with Crippen LogP contribution in [0.1, 0.15) is 23.7 Å². The Morgan fingerprint density at radius 3 is 2.50 bits per heavy atom. The van der Waals surface area contributed by atoms with Gasteiger partial charge >= 0.3 is 0 Å². The molecule has 0 bridgehead atoms. The van der Waals surface area contributed by atoms with Crippen LogP contribution in [0, 0.1) is 6.92 Å². The zero-order valence-electron chi connectivity index (χ0n) is 15.0. The molecule has 2 aromatic rings. The molecule has 0 radical (unpaired) electrons. The monoisotopic (exact) mass is 348 g/mol. The molecular formula is C19H25ClN2O2. The van der Waals surface area contributed by atoms with Gasteiger partial charge in [0.05, 0.1) is 19.2 Å². The Morgan fingerprint density at radius 1 is 1.17 bits per heavy atom. The molecule has 5 heteroatoms. The van der Waals surface area contributed by atoms with Crippen LogP contribution >= 0.6 is 11.6 Å². The van der Waals surface area contributed by atoms with E-state index in [4.69, 9.17) is 21.1 Å². The second-order valence-corrected chi connectivity index (χ2v) is 6.50. The first-order chi connectivity index (χ1) is 11.4. The first-order valence-electron chi connectivity index (χ1n) is 7.96. The number of ether oxygens (including phenoxy) is 2. The molecule has 1 aromatic carbocycles. The van der Waals surface area contributed by atoms with Gasteiger partial charge in [-0.05, 0) is 44.7 Å². The smallest absolute Gasteiger partial charge is 0.141 e. The van der Waals surface area contributed by atoms with Gasteiger partial charge in [-0.3, -0.25) is 9.88 Å². The summed E-state index contributed by atoms with van der Waals surface area (Å²) in [6.45, 7) is 5.02. The van der Waals surface area contributed by atoms with Crippen molar-refractivity contribution in [1.82, 2.24) is 9.88 Å². The molecule has 0 amide bonds. The summed E-state index contributed by atoms with van der Waals surface area (Å²) in [5.74, 6) is 1.40. The van der Waals surface area contributed by atoms with Crippen LogP contribution in [-0.2, 0) is 13.0 Å². The Balaban J connectivity index is 2.10. The van der Waals surface area contributed by atoms with Crippen LogP contribution < -0.4 is 9.47 Å². The van der Waals surface area contributed by atoms with Crippen molar-refractivity contribution >= 4 is 11.6 Å². The van der Waals surface area contributed by atoms with Crippen molar-refractivity contribution in [2.75, 3.05) is 21.3 Å². The maximum Gasteiger partial charge on any atom is 0.141 e. The van der Waals surface area contributed by atoms with Crippen molar-refractivity contribution in [2.24, 2.45) is 0 Å². The quantitative estimate of drug-likeness (QED) is 0.753. The number of pyridine rings is 1. The molecular weight excluding hydrogens is 324 g/mol. The number of nitrogens with zero attached hydrogens (tertiary/aromatic N) is 2. The Hall–Kier alpha value is -1.78. The molecule has 4 nitrogen and oxygen atoms in total. The van der Waals surface area contributed by atoms with Crippen LogP contribution in [0.25, 0.3) is 0 Å². The van der Waals surface area contributed by atoms with Gasteiger partial charge in [0.15, 0.2) is 0 Å². The standard InChI is InChI=1S/C19H25ClN2O2/c1-13-6-7-21-16(8-13)9-14(2)22(3)12-15-10-17(20)19(24-5)11-18(15)23-4/h6-8,10-11,14H,9,12H2,1-5H3/t14-/m1/s1. The van der Waals surface area contributed by atoms with Crippen LogP contribution in [-0.4, -0.2) is 37.2 Å². The van der Waals surface area contributed by atoms with E-state index in [0.717, 1.165) is 30.0 Å². The van der Waals surface area contributed by atoms with Gasteiger partial charge in [-0.2, -0.15) is 0 Å². The molecule has 130 valence electrons. The molecule has 0 saturated heterocycles. The SMILES string of the molecule is COc1cc(OC)c(CN(C)[C@H](C)Cc2cc(C)ccn2)cc1Cl. The molecule has 2 rings (SSSR count). The number of hydrogen-bond donors (Lipinski definition) is 0. The molecule has 1 heterocycles. The van der Waals surface area contributed by atoms with Crippen molar-refractivity contribution in [3.05, 3.63) is 52.3 Å². The fourth-order valence-electron chi connectivity index (χ4n) is 2.64. The minimum Gasteiger partial charge on any atom is -0.496 e. The fourth-order valence-corrected chi connectivity index (χ4v) is 2.90. The van der Waals surface area contributed by atoms with E-state index in [-0.39, 0.29) is 0 Å². The van der Waals surface area contributed by atoms with E-state index in [1.807, 2.05) is 24.4 Å². The number of benzene rings is 1. The molecule has 0 aliphatic rings. The molecule has 0 spiro atoms. The minimum absolute atomic E-state index is 0.338. The molecule has 0 aliphatic heterocycles. The third-order valence-corrected chi connectivity index (χ3v) is 4.50. The zero-order valence-corrected chi connectivity index (χ0v) is 15.7. The van der Waals surface area contributed by atoms with Crippen LogP contribution in [0.3, 0.4) is 0 Å². The lowest BCUT2D eigenvalue weighted by molar-refractivity contribution is 0.243. The van der Waals surface area contributed by atoms with E-state index < -0.39 is 0 Å². The van der Waals surface area contributed by atoms with Gasteiger partial charge in [0.25, 0.3) is 0 Å². The summed E-state index contributed by atoms with van der Waals surface area (Å²) in [6, 6.07) is 8.23. The highest BCUT2D eigenvalue weighted by Gasteiger charge is 2.16. The van der Waals surface area contributed by atoms with E-state index in [1.54, 1.807) is 14.2 Å². The number of methoxy groups -OCH3 is 2. The lowest BCUT2D eigenvalue weighted by atomic mass is 10.1. The summed E-state index contributed by atoms with van der Waals surface area (Å²) in [4.78, 5) is 6.72. The highest BCUT2D eigenvalue weighted by atomic mass is 35.5. The zero-order chi connectivity index (χ0) is 17.7. The predicted molar refractivity (Wildman–Crippen MR) is 98.2 cm³/mol. The molecule has 1 atom stereocenters. The van der Waals surface area contributed by atoms with E-state index in [2.05, 4.69) is 36.8 Å². The Bertz CT molecular complexity index is 691. The Labute approximate surface area is 149 Å². The number of likely N-dealkylation sites (N-methyl/N-ethyl adjacent to an activating group) is 1. The van der Waals surface area contributed by atoms with Crippen LogP contribution in [0.2, 0.25) is 5.02 Å². The Kier molecular flexibility index (Phi) is 6.46.